The molecule has 0 radical (unpaired) electrons. The second-order valence-corrected chi connectivity index (χ2v) is 33.8. The van der Waals surface area contributed by atoms with E-state index in [-0.39, 0.29) is 75.0 Å². The Morgan fingerprint density at radius 1 is 0.667 bits per heavy atom. The van der Waals surface area contributed by atoms with E-state index in [0.29, 0.717) is 29.4 Å². The molecule has 0 unspecified atom stereocenters. The number of carbonyl (C=O) groups is 14. The number of allylic oxidation sites excluding steroid dienone is 1. The molecule has 3 fully saturated rings. The molecule has 37 nitrogen and oxygen atoms in total. The number of cyclic esters (lactones) is 1. The lowest BCUT2D eigenvalue weighted by atomic mass is 9.95. The molecule has 3 aliphatic heterocycles. The molecule has 2 aromatic rings. The quantitative estimate of drug-likeness (QED) is 0.0331. The summed E-state index contributed by atoms with van der Waals surface area (Å²) in [4.78, 5) is 217. The Hall–Kier alpha value is -10.1. The first-order valence-corrected chi connectivity index (χ1v) is 42.6. The van der Waals surface area contributed by atoms with Gasteiger partial charge in [-0.1, -0.05) is 166 Å². The summed E-state index contributed by atoms with van der Waals surface area (Å²) in [6.07, 6.45) is -3.61. The number of nitrogens with one attached hydrogen (secondary N) is 12. The molecular weight excluding hydrogens is 1610 g/mol. The number of hydrogen-bond donors (Lipinski definition) is 17. The number of amides is 13. The number of rotatable bonds is 35. The van der Waals surface area contributed by atoms with Gasteiger partial charge in [0.05, 0.1) is 12.7 Å². The third-order valence-corrected chi connectivity index (χ3v) is 22.3. The van der Waals surface area contributed by atoms with Gasteiger partial charge in [-0.15, -0.1) is 0 Å². The zero-order chi connectivity index (χ0) is 92.9. The van der Waals surface area contributed by atoms with Gasteiger partial charge in [0.15, 0.2) is 6.10 Å². The van der Waals surface area contributed by atoms with Gasteiger partial charge in [0.25, 0.3) is 5.91 Å². The molecule has 0 spiro atoms. The first-order valence-electron chi connectivity index (χ1n) is 42.6. The minimum absolute atomic E-state index is 0.0355. The molecule has 5 rings (SSSR count). The van der Waals surface area contributed by atoms with Gasteiger partial charge in [-0.25, -0.2) is 9.59 Å². The number of hydrogen-bond acceptors (Lipinski definition) is 23. The predicted octanol–water partition coefficient (Wildman–Crippen LogP) is 0.548. The number of aliphatic hydroxyl groups is 3. The Kier molecular flexibility index (Phi) is 42.3. The van der Waals surface area contributed by atoms with Gasteiger partial charge in [-0.2, -0.15) is 13.8 Å². The Morgan fingerprint density at radius 3 is 1.76 bits per heavy atom. The Bertz CT molecular complexity index is 4020. The van der Waals surface area contributed by atoms with Crippen molar-refractivity contribution in [3.05, 3.63) is 70.4 Å². The molecule has 123 heavy (non-hydrogen) atoms. The van der Waals surface area contributed by atoms with E-state index in [1.807, 2.05) is 13.8 Å². The summed E-state index contributed by atoms with van der Waals surface area (Å²) in [6.45, 7) is 30.9. The maximum absolute atomic E-state index is 15.0. The van der Waals surface area contributed by atoms with Crippen LogP contribution in [0, 0.1) is 47.3 Å². The minimum atomic E-state index is -3.71. The number of likely N-dealkylation sites (tertiary alicyclic amines) is 1. The SMILES string of the molecule is C/C=C1\NC(=O)[C@H](Cc2ccccc2)NC(=O)[C@@H](C(C)C)NC(=O)[C@@H]([C@@H](C)CC)NC(=O)[C@H](NC(=O)[C@H](NC(=O)[C@H](CCCN)NC(=O)[C@H]2CCCN2C(=O)[C@H](NC(=O)[C@@H](NC(=O)[C@@H](NC(=O)[C@H](NC(=O)CC[C@@H](C)CC)C(C)C)[C@@H](C)O)C(C)C)C(C)C)[C@@H](C)CC)[C@@H](C)OC(=O)[C@H](C(C)C)NC1=O.Nc1ccn([C@@H]2O[C@H](CO)[C@@H](O)C2(F)F)c(=O)n1. The molecule has 1 aromatic carbocycles. The van der Waals surface area contributed by atoms with Crippen LogP contribution in [0.5, 0.6) is 0 Å². The zero-order valence-corrected chi connectivity index (χ0v) is 74.3. The molecule has 20 atom stereocenters. The van der Waals surface area contributed by atoms with E-state index in [2.05, 4.69) is 68.8 Å². The van der Waals surface area contributed by atoms with Crippen molar-refractivity contribution in [3.8, 4) is 0 Å². The highest BCUT2D eigenvalue weighted by molar-refractivity contribution is 6.03. The largest absolute Gasteiger partial charge is 0.458 e. The van der Waals surface area contributed by atoms with E-state index >= 15 is 9.59 Å². The molecule has 19 N–H and O–H groups in total. The second kappa shape index (κ2) is 49.4. The van der Waals surface area contributed by atoms with Crippen molar-refractivity contribution in [1.82, 2.24) is 78.3 Å². The molecule has 3 saturated heterocycles. The van der Waals surface area contributed by atoms with Crippen LogP contribution in [0.15, 0.2) is 59.2 Å². The lowest BCUT2D eigenvalue weighted by Crippen LogP contribution is -2.64. The number of esters is 1. The van der Waals surface area contributed by atoms with Gasteiger partial charge in [0.2, 0.25) is 77.1 Å². The van der Waals surface area contributed by atoms with E-state index in [1.54, 1.807) is 127 Å². The first-order chi connectivity index (χ1) is 57.7. The van der Waals surface area contributed by atoms with Crippen molar-refractivity contribution in [2.24, 2.45) is 53.1 Å². The van der Waals surface area contributed by atoms with E-state index < -0.39 is 240 Å². The van der Waals surface area contributed by atoms with Gasteiger partial charge >= 0.3 is 17.6 Å². The highest BCUT2D eigenvalue weighted by Gasteiger charge is 2.60. The van der Waals surface area contributed by atoms with Crippen LogP contribution < -0.4 is 81.0 Å². The van der Waals surface area contributed by atoms with E-state index in [9.17, 15) is 81.3 Å². The zero-order valence-electron chi connectivity index (χ0n) is 74.3. The number of aromatic nitrogens is 2. The summed E-state index contributed by atoms with van der Waals surface area (Å²) in [7, 11) is 0. The van der Waals surface area contributed by atoms with Crippen LogP contribution in [0.1, 0.15) is 201 Å². The van der Waals surface area contributed by atoms with E-state index in [0.717, 1.165) is 18.7 Å². The van der Waals surface area contributed by atoms with Crippen molar-refractivity contribution in [1.29, 1.82) is 0 Å². The normalized spacial score (nSPS) is 24.0. The van der Waals surface area contributed by atoms with Crippen LogP contribution in [0.2, 0.25) is 0 Å². The van der Waals surface area contributed by atoms with Crippen molar-refractivity contribution in [2.45, 2.75) is 305 Å². The lowest BCUT2D eigenvalue weighted by molar-refractivity contribution is -0.157. The third-order valence-electron chi connectivity index (χ3n) is 22.3. The van der Waals surface area contributed by atoms with Crippen LogP contribution in [-0.4, -0.2) is 235 Å². The number of nitrogens with zero attached hydrogens (tertiary/aromatic N) is 3. The molecular formula is C84H135F2N17O20. The van der Waals surface area contributed by atoms with Crippen LogP contribution >= 0.6 is 0 Å². The molecule has 3 aliphatic rings. The fourth-order valence-electron chi connectivity index (χ4n) is 13.8. The van der Waals surface area contributed by atoms with Crippen molar-refractivity contribution >= 4 is 88.6 Å². The Morgan fingerprint density at radius 2 is 1.23 bits per heavy atom. The highest BCUT2D eigenvalue weighted by Crippen LogP contribution is 2.42. The summed E-state index contributed by atoms with van der Waals surface area (Å²) in [6, 6.07) is -6.52. The number of carbonyl (C=O) groups excluding carboxylic acids is 14. The summed E-state index contributed by atoms with van der Waals surface area (Å²) < 4.78 is 38.7. The number of nitrogens with two attached hydrogens (primary N) is 2. The van der Waals surface area contributed by atoms with Gasteiger partial charge < -0.3 is 105 Å². The lowest BCUT2D eigenvalue weighted by Gasteiger charge is -2.33. The average Bonchev–Trinajstić information content (AvgIpc) is 1.62. The van der Waals surface area contributed by atoms with Gasteiger partial charge in [-0.05, 0) is 118 Å². The van der Waals surface area contributed by atoms with E-state index in [1.165, 1.54) is 31.7 Å². The number of aliphatic hydroxyl groups excluding tert-OH is 3. The number of alkyl halides is 2. The average molecular weight is 1740 g/mol. The predicted molar refractivity (Wildman–Crippen MR) is 450 cm³/mol. The maximum atomic E-state index is 15.0. The highest BCUT2D eigenvalue weighted by atomic mass is 19.3. The molecule has 13 amide bonds. The number of nitrogen functional groups attached to an aromatic ring is 1. The second-order valence-electron chi connectivity index (χ2n) is 33.8. The molecule has 0 saturated carbocycles. The minimum Gasteiger partial charge on any atom is -0.458 e. The van der Waals surface area contributed by atoms with Crippen molar-refractivity contribution < 1.29 is 101 Å². The van der Waals surface area contributed by atoms with Gasteiger partial charge in [-0.3, -0.25) is 66.9 Å². The molecule has 4 heterocycles. The number of ether oxygens (including phenoxy) is 2. The monoisotopic (exact) mass is 1740 g/mol. The molecule has 0 bridgehead atoms. The van der Waals surface area contributed by atoms with Crippen LogP contribution in [-0.2, 0) is 83.0 Å². The van der Waals surface area contributed by atoms with E-state index in [4.69, 9.17) is 26.0 Å². The molecule has 1 aromatic heterocycles. The summed E-state index contributed by atoms with van der Waals surface area (Å²) in [5.74, 6) is -19.0. The fourth-order valence-corrected chi connectivity index (χ4v) is 13.8. The fraction of sp³-hybridized carbons (Fsp3) is 0.690. The standard InChI is InChI=1S/C75H124N14O16.C9H11F2N3O4/c1-20-43(15)33-34-53(91)80-54(38(5)6)68(97)87-61(46(18)90)72(101)82-56(40(9)10)69(98)83-57(41(11)12)74(103)89-36-28-32-52(89)66(95)78-50(31-27-35-76)64(93)85-59(44(16)21-2)71(100)88-62-47(19)105-75(104)58(42(13)14)84-63(92)49(23-4)77-65(94)51(37-48-29-25-24-26-30-48)79-67(96)55(39(7)8)81-70(99)60(45(17)22-3)86-73(62)102;10-9(11)6(16)4(3-15)18-7(9)14-2-1-5(12)13-8(14)17/h23-26,29-30,38-47,50-52,54-62,90H,20-22,27-28,31-37,76H2,1-19H3,(H,77,94)(H,78,95)(H,79,96)(H,80,91)(H,81,99)(H,82,101)(H,83,98)(H,84,92)(H,85,93)(H,86,102)(H,87,97)(H,88,100);1-2,4,6-7,15-16H,3H2,(H2,12,13,17)/b49-23-;/t43-,44-,45-,46+,47+,50-,51-,52+,54+,55+,56-,57+,58-,59+,60+,61-,62+;4-,6-,7-/m01/s1. The van der Waals surface area contributed by atoms with Crippen LogP contribution in [0.25, 0.3) is 0 Å². The number of benzene rings is 1. The third kappa shape index (κ3) is 30.1. The van der Waals surface area contributed by atoms with Crippen molar-refractivity contribution in [3.63, 3.8) is 0 Å². The Labute approximate surface area is 718 Å². The topological polar surface area (TPSA) is 553 Å². The van der Waals surface area contributed by atoms with Crippen molar-refractivity contribution in [2.75, 3.05) is 25.4 Å². The Balaban J connectivity index is 0.00000154. The van der Waals surface area contributed by atoms with Crippen LogP contribution in [0.4, 0.5) is 14.6 Å². The van der Waals surface area contributed by atoms with Crippen LogP contribution in [0.3, 0.4) is 0 Å². The molecule has 39 heteroatoms. The molecule has 690 valence electrons. The smallest absolute Gasteiger partial charge is 0.351 e. The van der Waals surface area contributed by atoms with Gasteiger partial charge in [0, 0.05) is 25.6 Å². The summed E-state index contributed by atoms with van der Waals surface area (Å²) in [5.41, 5.74) is 10.5. The summed E-state index contributed by atoms with van der Waals surface area (Å²) >= 11 is 0. The van der Waals surface area contributed by atoms with Gasteiger partial charge in [0.1, 0.15) is 96.2 Å². The molecule has 0 aliphatic carbocycles. The number of halogens is 2. The summed E-state index contributed by atoms with van der Waals surface area (Å²) in [5, 5.41) is 61.3. The number of anilines is 1. The first kappa shape index (κ1) is 105. The maximum Gasteiger partial charge on any atom is 0.351 e.